The van der Waals surface area contributed by atoms with Gasteiger partial charge in [0, 0.05) is 12.6 Å². The number of ether oxygens (including phenoxy) is 1. The minimum absolute atomic E-state index is 0.630. The topological polar surface area (TPSA) is 21.3 Å². The van der Waals surface area contributed by atoms with Crippen molar-refractivity contribution < 1.29 is 4.74 Å². The van der Waals surface area contributed by atoms with Crippen molar-refractivity contribution in [3.8, 4) is 0 Å². The molecular weight excluding hydrogens is 150 g/mol. The molecule has 12 heavy (non-hydrogen) atoms. The van der Waals surface area contributed by atoms with Gasteiger partial charge < -0.3 is 10.1 Å². The monoisotopic (exact) mass is 171 g/mol. The maximum atomic E-state index is 5.44. The van der Waals surface area contributed by atoms with E-state index in [0.717, 1.165) is 25.7 Å². The van der Waals surface area contributed by atoms with Gasteiger partial charge in [-0.15, -0.1) is 0 Å². The van der Waals surface area contributed by atoms with E-state index in [9.17, 15) is 0 Å². The molecule has 1 fully saturated rings. The Morgan fingerprint density at radius 3 is 3.00 bits per heavy atom. The molecule has 1 heterocycles. The van der Waals surface area contributed by atoms with Crippen LogP contribution in [0.2, 0.25) is 0 Å². The third kappa shape index (κ3) is 3.11. The summed E-state index contributed by atoms with van der Waals surface area (Å²) in [6.07, 6.45) is 3.79. The van der Waals surface area contributed by atoms with Gasteiger partial charge in [-0.05, 0) is 38.6 Å². The van der Waals surface area contributed by atoms with Crippen LogP contribution in [0.15, 0.2) is 0 Å². The first-order chi connectivity index (χ1) is 5.84. The van der Waals surface area contributed by atoms with E-state index in [1.807, 2.05) is 0 Å². The molecule has 0 saturated carbocycles. The van der Waals surface area contributed by atoms with Gasteiger partial charge in [-0.25, -0.2) is 0 Å². The molecule has 0 aromatic heterocycles. The molecule has 0 aromatic rings. The van der Waals surface area contributed by atoms with Gasteiger partial charge in [0.15, 0.2) is 0 Å². The van der Waals surface area contributed by atoms with Crippen molar-refractivity contribution in [3.05, 3.63) is 0 Å². The van der Waals surface area contributed by atoms with Crippen LogP contribution < -0.4 is 5.32 Å². The number of nitrogens with one attached hydrogen (secondary N) is 1. The Kier molecular flexibility index (Phi) is 4.62. The first kappa shape index (κ1) is 10.0. The van der Waals surface area contributed by atoms with Crippen molar-refractivity contribution in [2.75, 3.05) is 19.8 Å². The largest absolute Gasteiger partial charge is 0.381 e. The molecule has 1 saturated heterocycles. The average molecular weight is 171 g/mol. The maximum Gasteiger partial charge on any atom is 0.0509 e. The fraction of sp³-hybridized carbons (Fsp3) is 1.00. The highest BCUT2D eigenvalue weighted by Gasteiger charge is 2.19. The first-order valence-electron chi connectivity index (χ1n) is 5.15. The van der Waals surface area contributed by atoms with Gasteiger partial charge in [-0.3, -0.25) is 0 Å². The lowest BCUT2D eigenvalue weighted by atomic mass is 9.95. The molecule has 0 spiro atoms. The minimum atomic E-state index is 0.630. The zero-order valence-corrected chi connectivity index (χ0v) is 8.31. The molecule has 2 heteroatoms. The molecule has 0 bridgehead atoms. The summed E-state index contributed by atoms with van der Waals surface area (Å²) in [5, 5.41) is 3.52. The molecule has 1 rings (SSSR count). The van der Waals surface area contributed by atoms with E-state index >= 15 is 0 Å². The van der Waals surface area contributed by atoms with E-state index < -0.39 is 0 Å². The highest BCUT2D eigenvalue weighted by molar-refractivity contribution is 4.74. The molecule has 72 valence electrons. The smallest absolute Gasteiger partial charge is 0.0509 e. The second-order valence-electron chi connectivity index (χ2n) is 3.72. The third-order valence-corrected chi connectivity index (χ3v) is 2.62. The molecule has 1 aliphatic heterocycles. The SMILES string of the molecule is CCCNC(C)C1CCCOC1. The van der Waals surface area contributed by atoms with Gasteiger partial charge in [0.1, 0.15) is 0 Å². The van der Waals surface area contributed by atoms with E-state index in [-0.39, 0.29) is 0 Å². The zero-order valence-electron chi connectivity index (χ0n) is 8.31. The van der Waals surface area contributed by atoms with Crippen LogP contribution in [0.1, 0.15) is 33.1 Å². The molecule has 2 nitrogen and oxygen atoms in total. The Hall–Kier alpha value is -0.0800. The summed E-state index contributed by atoms with van der Waals surface area (Å²) >= 11 is 0. The van der Waals surface area contributed by atoms with Crippen molar-refractivity contribution in [1.29, 1.82) is 0 Å². The fourth-order valence-corrected chi connectivity index (χ4v) is 1.70. The minimum Gasteiger partial charge on any atom is -0.381 e. The zero-order chi connectivity index (χ0) is 8.81. The molecular formula is C10H21NO. The van der Waals surface area contributed by atoms with E-state index in [2.05, 4.69) is 19.2 Å². The second kappa shape index (κ2) is 5.55. The summed E-state index contributed by atoms with van der Waals surface area (Å²) in [5.41, 5.74) is 0. The van der Waals surface area contributed by atoms with E-state index in [1.165, 1.54) is 19.3 Å². The third-order valence-electron chi connectivity index (χ3n) is 2.62. The summed E-state index contributed by atoms with van der Waals surface area (Å²) in [7, 11) is 0. The summed E-state index contributed by atoms with van der Waals surface area (Å²) in [6, 6.07) is 0.630. The second-order valence-corrected chi connectivity index (χ2v) is 3.72. The Labute approximate surface area is 75.7 Å². The summed E-state index contributed by atoms with van der Waals surface area (Å²) in [5.74, 6) is 0.741. The standard InChI is InChI=1S/C10H21NO/c1-3-6-11-9(2)10-5-4-7-12-8-10/h9-11H,3-8H2,1-2H3. The Morgan fingerprint density at radius 2 is 2.42 bits per heavy atom. The van der Waals surface area contributed by atoms with Crippen molar-refractivity contribution >= 4 is 0 Å². The summed E-state index contributed by atoms with van der Waals surface area (Å²) < 4.78 is 5.44. The highest BCUT2D eigenvalue weighted by Crippen LogP contribution is 2.16. The van der Waals surface area contributed by atoms with Gasteiger partial charge >= 0.3 is 0 Å². The Balaban J connectivity index is 2.15. The van der Waals surface area contributed by atoms with Crippen LogP contribution in [0.5, 0.6) is 0 Å². The van der Waals surface area contributed by atoms with Gasteiger partial charge in [-0.2, -0.15) is 0 Å². The van der Waals surface area contributed by atoms with Crippen molar-refractivity contribution in [2.45, 2.75) is 39.2 Å². The number of rotatable bonds is 4. The van der Waals surface area contributed by atoms with Crippen LogP contribution in [0.25, 0.3) is 0 Å². The number of hydrogen-bond donors (Lipinski definition) is 1. The van der Waals surface area contributed by atoms with Crippen LogP contribution >= 0.6 is 0 Å². The maximum absolute atomic E-state index is 5.44. The Bertz CT molecular complexity index is 110. The molecule has 1 aliphatic rings. The van der Waals surface area contributed by atoms with Crippen molar-refractivity contribution in [3.63, 3.8) is 0 Å². The quantitative estimate of drug-likeness (QED) is 0.696. The lowest BCUT2D eigenvalue weighted by molar-refractivity contribution is 0.0421. The van der Waals surface area contributed by atoms with E-state index in [1.54, 1.807) is 0 Å². The van der Waals surface area contributed by atoms with Crippen molar-refractivity contribution in [2.24, 2.45) is 5.92 Å². The van der Waals surface area contributed by atoms with E-state index in [0.29, 0.717) is 6.04 Å². The van der Waals surface area contributed by atoms with Gasteiger partial charge in [0.05, 0.1) is 6.61 Å². The van der Waals surface area contributed by atoms with Crippen LogP contribution in [-0.2, 0) is 4.74 Å². The predicted molar refractivity (Wildman–Crippen MR) is 51.3 cm³/mol. The molecule has 0 aromatic carbocycles. The van der Waals surface area contributed by atoms with Gasteiger partial charge in [-0.1, -0.05) is 6.92 Å². The van der Waals surface area contributed by atoms with Crippen LogP contribution in [-0.4, -0.2) is 25.8 Å². The van der Waals surface area contributed by atoms with Crippen LogP contribution in [0.4, 0.5) is 0 Å². The molecule has 0 amide bonds. The average Bonchev–Trinajstić information content (AvgIpc) is 2.15. The lowest BCUT2D eigenvalue weighted by Gasteiger charge is -2.28. The first-order valence-corrected chi connectivity index (χ1v) is 5.15. The Morgan fingerprint density at radius 1 is 1.58 bits per heavy atom. The molecule has 2 atom stereocenters. The van der Waals surface area contributed by atoms with E-state index in [4.69, 9.17) is 4.74 Å². The summed E-state index contributed by atoms with van der Waals surface area (Å²) in [6.45, 7) is 7.54. The number of hydrogen-bond acceptors (Lipinski definition) is 2. The fourth-order valence-electron chi connectivity index (χ4n) is 1.70. The summed E-state index contributed by atoms with van der Waals surface area (Å²) in [4.78, 5) is 0. The van der Waals surface area contributed by atoms with Crippen LogP contribution in [0, 0.1) is 5.92 Å². The molecule has 0 aliphatic carbocycles. The molecule has 0 radical (unpaired) electrons. The molecule has 2 unspecified atom stereocenters. The predicted octanol–water partition coefficient (Wildman–Crippen LogP) is 1.80. The highest BCUT2D eigenvalue weighted by atomic mass is 16.5. The lowest BCUT2D eigenvalue weighted by Crippen LogP contribution is -2.38. The van der Waals surface area contributed by atoms with Crippen LogP contribution in [0.3, 0.4) is 0 Å². The van der Waals surface area contributed by atoms with Gasteiger partial charge in [0.25, 0.3) is 0 Å². The van der Waals surface area contributed by atoms with Gasteiger partial charge in [0.2, 0.25) is 0 Å². The normalized spacial score (nSPS) is 27.0. The molecule has 1 N–H and O–H groups in total. The van der Waals surface area contributed by atoms with Crippen molar-refractivity contribution in [1.82, 2.24) is 5.32 Å².